The van der Waals surface area contributed by atoms with Crippen molar-refractivity contribution in [2.24, 2.45) is 5.73 Å². The van der Waals surface area contributed by atoms with Gasteiger partial charge in [-0.2, -0.15) is 0 Å². The van der Waals surface area contributed by atoms with Gasteiger partial charge in [-0.25, -0.2) is 0 Å². The number of hydrogen-bond acceptors (Lipinski definition) is 4. The number of hydrogen-bond donors (Lipinski definition) is 3. The molecule has 0 aliphatic carbocycles. The molecule has 0 aromatic heterocycles. The maximum atomic E-state index is 10.9. The fourth-order valence-corrected chi connectivity index (χ4v) is 1.34. The lowest BCUT2D eigenvalue weighted by atomic mass is 10.1. The molecule has 0 bridgehead atoms. The Bertz CT molecular complexity index is 431. The van der Waals surface area contributed by atoms with Crippen LogP contribution in [0.15, 0.2) is 18.2 Å². The van der Waals surface area contributed by atoms with Gasteiger partial charge in [0.2, 0.25) is 5.91 Å². The summed E-state index contributed by atoms with van der Waals surface area (Å²) in [7, 11) is 1.60. The van der Waals surface area contributed by atoms with E-state index in [0.29, 0.717) is 16.9 Å². The number of carbonyl (C=O) groups is 2. The van der Waals surface area contributed by atoms with Crippen molar-refractivity contribution in [2.45, 2.75) is 0 Å². The molecule has 0 radical (unpaired) electrons. The van der Waals surface area contributed by atoms with E-state index in [1.165, 1.54) is 17.0 Å². The van der Waals surface area contributed by atoms with E-state index in [0.717, 1.165) is 0 Å². The van der Waals surface area contributed by atoms with Crippen LogP contribution in [0.25, 0.3) is 0 Å². The van der Waals surface area contributed by atoms with E-state index in [1.54, 1.807) is 13.1 Å². The second-order valence-corrected chi connectivity index (χ2v) is 3.39. The minimum absolute atomic E-state index is 0.167. The van der Waals surface area contributed by atoms with E-state index in [4.69, 9.17) is 16.6 Å². The Morgan fingerprint density at radius 1 is 1.44 bits per heavy atom. The SMILES string of the molecule is CN(CC(=O)O)c1ccc(C(N)=O)cc1N. The maximum absolute atomic E-state index is 10.9. The van der Waals surface area contributed by atoms with Crippen LogP contribution in [0.1, 0.15) is 10.4 Å². The average molecular weight is 223 g/mol. The topological polar surface area (TPSA) is 110 Å². The number of nitrogens with zero attached hydrogens (tertiary/aromatic N) is 1. The lowest BCUT2D eigenvalue weighted by molar-refractivity contribution is -0.135. The largest absolute Gasteiger partial charge is 0.480 e. The van der Waals surface area contributed by atoms with Crippen molar-refractivity contribution in [1.82, 2.24) is 0 Å². The molecule has 0 aliphatic rings. The van der Waals surface area contributed by atoms with Crippen molar-refractivity contribution in [2.75, 3.05) is 24.2 Å². The van der Waals surface area contributed by atoms with Crippen LogP contribution in [0.2, 0.25) is 0 Å². The number of nitrogens with two attached hydrogens (primary N) is 2. The molecule has 0 atom stereocenters. The molecule has 0 aliphatic heterocycles. The lowest BCUT2D eigenvalue weighted by Crippen LogP contribution is -2.26. The van der Waals surface area contributed by atoms with E-state index in [-0.39, 0.29) is 6.54 Å². The Balaban J connectivity index is 2.98. The smallest absolute Gasteiger partial charge is 0.323 e. The van der Waals surface area contributed by atoms with Crippen LogP contribution in [-0.2, 0) is 4.79 Å². The summed E-state index contributed by atoms with van der Waals surface area (Å²) in [6.07, 6.45) is 0. The van der Waals surface area contributed by atoms with Crippen molar-refractivity contribution in [1.29, 1.82) is 0 Å². The van der Waals surface area contributed by atoms with Crippen molar-refractivity contribution < 1.29 is 14.7 Å². The van der Waals surface area contributed by atoms with Crippen LogP contribution >= 0.6 is 0 Å². The molecule has 0 saturated carbocycles. The summed E-state index contributed by atoms with van der Waals surface area (Å²) in [4.78, 5) is 22.9. The van der Waals surface area contributed by atoms with Gasteiger partial charge in [-0.05, 0) is 18.2 Å². The molecule has 5 N–H and O–H groups in total. The predicted octanol–water partition coefficient (Wildman–Crippen LogP) is -0.111. The number of primary amides is 1. The van der Waals surface area contributed by atoms with Gasteiger partial charge < -0.3 is 21.5 Å². The van der Waals surface area contributed by atoms with Gasteiger partial charge >= 0.3 is 5.97 Å². The van der Waals surface area contributed by atoms with E-state index < -0.39 is 11.9 Å². The van der Waals surface area contributed by atoms with Crippen LogP contribution < -0.4 is 16.4 Å². The minimum atomic E-state index is -0.958. The number of carbonyl (C=O) groups excluding carboxylic acids is 1. The third-order valence-corrected chi connectivity index (χ3v) is 2.10. The van der Waals surface area contributed by atoms with Gasteiger partial charge in [0.05, 0.1) is 11.4 Å². The molecule has 6 heteroatoms. The first-order valence-corrected chi connectivity index (χ1v) is 4.54. The highest BCUT2D eigenvalue weighted by molar-refractivity contribution is 5.95. The zero-order valence-corrected chi connectivity index (χ0v) is 8.80. The molecule has 16 heavy (non-hydrogen) atoms. The standard InChI is InChI=1S/C10H13N3O3/c1-13(5-9(14)15)8-3-2-6(10(12)16)4-7(8)11/h2-4H,5,11H2,1H3,(H2,12,16)(H,14,15). The summed E-state index contributed by atoms with van der Waals surface area (Å²) >= 11 is 0. The zero-order valence-electron chi connectivity index (χ0n) is 8.80. The molecule has 0 unspecified atom stereocenters. The molecule has 0 saturated heterocycles. The van der Waals surface area contributed by atoms with Gasteiger partial charge in [-0.3, -0.25) is 9.59 Å². The monoisotopic (exact) mass is 223 g/mol. The first-order valence-electron chi connectivity index (χ1n) is 4.54. The number of anilines is 2. The van der Waals surface area contributed by atoms with Gasteiger partial charge in [0.25, 0.3) is 0 Å². The molecular weight excluding hydrogens is 210 g/mol. The van der Waals surface area contributed by atoms with Crippen molar-refractivity contribution in [3.05, 3.63) is 23.8 Å². The Morgan fingerprint density at radius 3 is 2.50 bits per heavy atom. The van der Waals surface area contributed by atoms with E-state index in [2.05, 4.69) is 0 Å². The fourth-order valence-electron chi connectivity index (χ4n) is 1.34. The summed E-state index contributed by atoms with van der Waals surface area (Å²) in [5, 5.41) is 8.62. The van der Waals surface area contributed by atoms with Crippen LogP contribution in [0.5, 0.6) is 0 Å². The van der Waals surface area contributed by atoms with Gasteiger partial charge in [0, 0.05) is 12.6 Å². The van der Waals surface area contributed by atoms with Crippen molar-refractivity contribution in [3.8, 4) is 0 Å². The van der Waals surface area contributed by atoms with E-state index in [9.17, 15) is 9.59 Å². The number of carboxylic acid groups (broad SMARTS) is 1. The van der Waals surface area contributed by atoms with Gasteiger partial charge in [-0.1, -0.05) is 0 Å². The number of benzene rings is 1. The number of likely N-dealkylation sites (N-methyl/N-ethyl adjacent to an activating group) is 1. The molecule has 1 aromatic carbocycles. The van der Waals surface area contributed by atoms with Crippen LogP contribution in [-0.4, -0.2) is 30.6 Å². The molecule has 86 valence electrons. The highest BCUT2D eigenvalue weighted by Gasteiger charge is 2.10. The number of aliphatic carboxylic acids is 1. The molecule has 0 heterocycles. The molecule has 1 rings (SSSR count). The molecule has 1 aromatic rings. The van der Waals surface area contributed by atoms with E-state index >= 15 is 0 Å². The predicted molar refractivity (Wildman–Crippen MR) is 60.3 cm³/mol. The zero-order chi connectivity index (χ0) is 12.3. The summed E-state index contributed by atoms with van der Waals surface area (Å²) in [6, 6.07) is 4.50. The van der Waals surface area contributed by atoms with Gasteiger partial charge in [0.1, 0.15) is 6.54 Å². The lowest BCUT2D eigenvalue weighted by Gasteiger charge is -2.19. The number of carboxylic acids is 1. The molecule has 0 spiro atoms. The summed E-state index contributed by atoms with van der Waals surface area (Å²) < 4.78 is 0. The first-order chi connectivity index (χ1) is 7.41. The van der Waals surface area contributed by atoms with Crippen LogP contribution in [0.4, 0.5) is 11.4 Å². The number of nitrogen functional groups attached to an aromatic ring is 1. The maximum Gasteiger partial charge on any atom is 0.323 e. The summed E-state index contributed by atoms with van der Waals surface area (Å²) in [5.74, 6) is -1.53. The third kappa shape index (κ3) is 2.63. The van der Waals surface area contributed by atoms with Gasteiger partial charge in [0.15, 0.2) is 0 Å². The fraction of sp³-hybridized carbons (Fsp3) is 0.200. The third-order valence-electron chi connectivity index (χ3n) is 2.10. The van der Waals surface area contributed by atoms with Gasteiger partial charge in [-0.15, -0.1) is 0 Å². The minimum Gasteiger partial charge on any atom is -0.480 e. The molecule has 0 fully saturated rings. The number of amides is 1. The van der Waals surface area contributed by atoms with Crippen molar-refractivity contribution in [3.63, 3.8) is 0 Å². The Kier molecular flexibility index (Phi) is 3.34. The highest BCUT2D eigenvalue weighted by Crippen LogP contribution is 2.22. The summed E-state index contributed by atoms with van der Waals surface area (Å²) in [5.41, 5.74) is 11.9. The number of rotatable bonds is 4. The quantitative estimate of drug-likeness (QED) is 0.617. The Hall–Kier alpha value is -2.24. The highest BCUT2D eigenvalue weighted by atomic mass is 16.4. The average Bonchev–Trinajstić information content (AvgIpc) is 2.15. The van der Waals surface area contributed by atoms with Crippen LogP contribution in [0.3, 0.4) is 0 Å². The normalized spacial score (nSPS) is 9.81. The molecule has 1 amide bonds. The molecular formula is C10H13N3O3. The summed E-state index contributed by atoms with van der Waals surface area (Å²) in [6.45, 7) is -0.167. The Morgan fingerprint density at radius 2 is 2.06 bits per heavy atom. The first kappa shape index (κ1) is 11.8. The van der Waals surface area contributed by atoms with Crippen molar-refractivity contribution >= 4 is 23.3 Å². The Labute approximate surface area is 92.4 Å². The van der Waals surface area contributed by atoms with Crippen LogP contribution in [0, 0.1) is 0 Å². The second-order valence-electron chi connectivity index (χ2n) is 3.39. The second kappa shape index (κ2) is 4.52. The molecule has 6 nitrogen and oxygen atoms in total. The van der Waals surface area contributed by atoms with E-state index in [1.807, 2.05) is 0 Å².